The summed E-state index contributed by atoms with van der Waals surface area (Å²) in [6, 6.07) is 4.67. The summed E-state index contributed by atoms with van der Waals surface area (Å²) in [5.74, 6) is 0. The zero-order valence-electron chi connectivity index (χ0n) is 14.6. The minimum Gasteiger partial charge on any atom is -0.307 e. The van der Waals surface area contributed by atoms with Crippen molar-refractivity contribution in [3.05, 3.63) is 52.2 Å². The smallest absolute Gasteiger partial charge is 0.307 e. The van der Waals surface area contributed by atoms with Crippen LogP contribution >= 0.6 is 0 Å². The maximum atomic E-state index is 12.5. The molecule has 6 nitrogen and oxygen atoms in total. The van der Waals surface area contributed by atoms with Crippen LogP contribution in [-0.2, 0) is 35.7 Å². The summed E-state index contributed by atoms with van der Waals surface area (Å²) < 4.78 is 26.9. The quantitative estimate of drug-likeness (QED) is 0.868. The monoisotopic (exact) mass is 371 g/mol. The number of fused-ring (bicyclic) bond motifs is 2. The van der Waals surface area contributed by atoms with Crippen molar-refractivity contribution < 1.29 is 13.2 Å². The Morgan fingerprint density at radius 2 is 1.69 bits per heavy atom. The van der Waals surface area contributed by atoms with Gasteiger partial charge in [-0.15, -0.1) is 0 Å². The molecule has 26 heavy (non-hydrogen) atoms. The number of hydrogen-bond acceptors (Lipinski definition) is 4. The van der Waals surface area contributed by atoms with E-state index in [-0.39, 0.29) is 5.03 Å². The molecule has 136 valence electrons. The maximum absolute atomic E-state index is 12.5. The molecule has 0 aliphatic heterocycles. The van der Waals surface area contributed by atoms with E-state index in [1.165, 1.54) is 23.4 Å². The van der Waals surface area contributed by atoms with Crippen LogP contribution in [0.1, 0.15) is 40.7 Å². The number of carbonyl (C=O) groups excluding carboxylic acids is 1. The van der Waals surface area contributed by atoms with Crippen LogP contribution in [0, 0.1) is 6.92 Å². The summed E-state index contributed by atoms with van der Waals surface area (Å²) >= 11 is 0. The van der Waals surface area contributed by atoms with Crippen molar-refractivity contribution in [2.45, 2.75) is 50.5 Å². The van der Waals surface area contributed by atoms with Crippen molar-refractivity contribution in [3.8, 4) is 0 Å². The molecule has 1 aromatic heterocycles. The van der Waals surface area contributed by atoms with Gasteiger partial charge in [0.25, 0.3) is 10.0 Å². The van der Waals surface area contributed by atoms with E-state index in [9.17, 15) is 13.2 Å². The number of aromatic nitrogens is 1. The lowest BCUT2D eigenvalue weighted by Gasteiger charge is -2.16. The van der Waals surface area contributed by atoms with E-state index in [0.29, 0.717) is 0 Å². The molecule has 7 heteroatoms. The van der Waals surface area contributed by atoms with E-state index in [4.69, 9.17) is 0 Å². The predicted octanol–water partition coefficient (Wildman–Crippen LogP) is 2.88. The lowest BCUT2D eigenvalue weighted by molar-refractivity contribution is 0.256. The van der Waals surface area contributed by atoms with Crippen molar-refractivity contribution in [2.24, 2.45) is 0 Å². The zero-order valence-corrected chi connectivity index (χ0v) is 15.4. The molecule has 0 saturated heterocycles. The second kappa shape index (κ2) is 6.39. The molecule has 4 rings (SSSR count). The van der Waals surface area contributed by atoms with Crippen LogP contribution in [0.25, 0.3) is 0 Å². The van der Waals surface area contributed by atoms with Gasteiger partial charge in [0.05, 0.1) is 0 Å². The lowest BCUT2D eigenvalue weighted by Crippen LogP contribution is -2.35. The zero-order chi connectivity index (χ0) is 18.3. The lowest BCUT2D eigenvalue weighted by atomic mass is 9.99. The highest BCUT2D eigenvalue weighted by atomic mass is 32.2. The van der Waals surface area contributed by atoms with Crippen LogP contribution in [-0.4, -0.2) is 19.4 Å². The SMILES string of the molecule is Cc1ccnc(S(=O)(=O)NC(=O)Nc2c3c(cc4c2CCC4)CCC3)c1. The third-order valence-electron chi connectivity index (χ3n) is 5.10. The van der Waals surface area contributed by atoms with Crippen molar-refractivity contribution in [1.82, 2.24) is 9.71 Å². The molecular formula is C19H21N3O3S. The van der Waals surface area contributed by atoms with E-state index < -0.39 is 16.1 Å². The summed E-state index contributed by atoms with van der Waals surface area (Å²) in [6.07, 6.45) is 7.43. The molecule has 2 N–H and O–H groups in total. The second-order valence-corrected chi connectivity index (χ2v) is 8.59. The van der Waals surface area contributed by atoms with Gasteiger partial charge in [0.15, 0.2) is 5.03 Å². The topological polar surface area (TPSA) is 88.2 Å². The molecule has 0 fully saturated rings. The average Bonchev–Trinajstić information content (AvgIpc) is 3.23. The summed E-state index contributed by atoms with van der Waals surface area (Å²) in [7, 11) is -4.00. The number of pyridine rings is 1. The van der Waals surface area contributed by atoms with E-state index >= 15 is 0 Å². The molecule has 0 radical (unpaired) electrons. The van der Waals surface area contributed by atoms with Crippen LogP contribution in [0.4, 0.5) is 10.5 Å². The van der Waals surface area contributed by atoms with Gasteiger partial charge in [-0.3, -0.25) is 0 Å². The number of aryl methyl sites for hydroxylation is 3. The molecule has 0 atom stereocenters. The third-order valence-corrected chi connectivity index (χ3v) is 6.33. The molecule has 2 aliphatic rings. The number of nitrogens with one attached hydrogen (secondary N) is 2. The van der Waals surface area contributed by atoms with Crippen LogP contribution in [0.5, 0.6) is 0 Å². The van der Waals surface area contributed by atoms with Crippen molar-refractivity contribution in [1.29, 1.82) is 0 Å². The molecule has 0 unspecified atom stereocenters. The van der Waals surface area contributed by atoms with Gasteiger partial charge in [-0.1, -0.05) is 6.07 Å². The standard InChI is InChI=1S/C19H21N3O3S/c1-12-8-9-20-17(10-12)26(24,25)22-19(23)21-18-15-6-2-4-13(15)11-14-5-3-7-16(14)18/h8-11H,2-7H2,1H3,(H2,21,22,23). The number of nitrogens with zero attached hydrogens (tertiary/aromatic N) is 1. The number of rotatable bonds is 3. The van der Waals surface area contributed by atoms with Gasteiger partial charge in [-0.25, -0.2) is 14.5 Å². The number of urea groups is 1. The fraction of sp³-hybridized carbons (Fsp3) is 0.368. The van der Waals surface area contributed by atoms with Crippen LogP contribution in [0.15, 0.2) is 29.4 Å². The number of benzene rings is 1. The Bertz CT molecular complexity index is 967. The average molecular weight is 371 g/mol. The number of sulfonamides is 1. The van der Waals surface area contributed by atoms with E-state index in [1.54, 1.807) is 13.0 Å². The van der Waals surface area contributed by atoms with Gasteiger partial charge in [-0.2, -0.15) is 8.42 Å². The summed E-state index contributed by atoms with van der Waals surface area (Å²) in [5, 5.41) is 2.67. The second-order valence-electron chi connectivity index (χ2n) is 6.97. The molecule has 0 saturated carbocycles. The highest BCUT2D eigenvalue weighted by Crippen LogP contribution is 2.38. The fourth-order valence-corrected chi connectivity index (χ4v) is 4.88. The third kappa shape index (κ3) is 3.07. The largest absolute Gasteiger partial charge is 0.333 e. The first-order valence-corrected chi connectivity index (χ1v) is 10.4. The maximum Gasteiger partial charge on any atom is 0.333 e. The Morgan fingerprint density at radius 3 is 2.31 bits per heavy atom. The normalized spacial score (nSPS) is 15.4. The Labute approximate surface area is 153 Å². The van der Waals surface area contributed by atoms with Gasteiger partial charge in [0.2, 0.25) is 0 Å². The highest BCUT2D eigenvalue weighted by molar-refractivity contribution is 7.90. The number of amides is 2. The van der Waals surface area contributed by atoms with Gasteiger partial charge in [0.1, 0.15) is 0 Å². The summed E-state index contributed by atoms with van der Waals surface area (Å²) in [4.78, 5) is 16.3. The molecule has 2 aromatic rings. The van der Waals surface area contributed by atoms with Crippen molar-refractivity contribution in [3.63, 3.8) is 0 Å². The molecule has 0 spiro atoms. The van der Waals surface area contributed by atoms with Crippen LogP contribution in [0.3, 0.4) is 0 Å². The van der Waals surface area contributed by atoms with Crippen molar-refractivity contribution >= 4 is 21.7 Å². The van der Waals surface area contributed by atoms with E-state index in [1.807, 2.05) is 0 Å². The first-order valence-electron chi connectivity index (χ1n) is 8.87. The minimum atomic E-state index is -4.00. The van der Waals surface area contributed by atoms with Crippen molar-refractivity contribution in [2.75, 3.05) is 5.32 Å². The molecule has 2 amide bonds. The Balaban J connectivity index is 1.60. The molecule has 2 aliphatic carbocycles. The molecule has 0 bridgehead atoms. The van der Waals surface area contributed by atoms with Crippen LogP contribution < -0.4 is 10.0 Å². The summed E-state index contributed by atoms with van der Waals surface area (Å²) in [6.45, 7) is 1.78. The highest BCUT2D eigenvalue weighted by Gasteiger charge is 2.26. The Kier molecular flexibility index (Phi) is 4.19. The predicted molar refractivity (Wildman–Crippen MR) is 98.8 cm³/mol. The first kappa shape index (κ1) is 17.0. The number of hydrogen-bond donors (Lipinski definition) is 2. The number of carbonyl (C=O) groups is 1. The van der Waals surface area contributed by atoms with Gasteiger partial charge < -0.3 is 5.32 Å². The van der Waals surface area contributed by atoms with E-state index in [2.05, 4.69) is 21.1 Å². The number of anilines is 1. The fourth-order valence-electron chi connectivity index (χ4n) is 3.94. The minimum absolute atomic E-state index is 0.156. The summed E-state index contributed by atoms with van der Waals surface area (Å²) in [5.41, 5.74) is 6.46. The Morgan fingerprint density at radius 1 is 1.04 bits per heavy atom. The first-order chi connectivity index (χ1) is 12.4. The molecule has 1 aromatic carbocycles. The Hall–Kier alpha value is -2.41. The van der Waals surface area contributed by atoms with Crippen LogP contribution in [0.2, 0.25) is 0 Å². The van der Waals surface area contributed by atoms with E-state index in [0.717, 1.165) is 60.9 Å². The molecule has 1 heterocycles. The van der Waals surface area contributed by atoms with Gasteiger partial charge in [0, 0.05) is 11.9 Å². The van der Waals surface area contributed by atoms with Gasteiger partial charge >= 0.3 is 6.03 Å². The van der Waals surface area contributed by atoms with Gasteiger partial charge in [-0.05, 0) is 85.4 Å². The molecular weight excluding hydrogens is 350 g/mol.